The Morgan fingerprint density at radius 2 is 1.15 bits per heavy atom. The van der Waals surface area contributed by atoms with Crippen molar-refractivity contribution in [1.29, 1.82) is 10.5 Å². The Labute approximate surface area is 434 Å². The van der Waals surface area contributed by atoms with Gasteiger partial charge >= 0.3 is 0 Å². The van der Waals surface area contributed by atoms with E-state index >= 15 is 0 Å². The first-order valence-electron chi connectivity index (χ1n) is 25.7. The van der Waals surface area contributed by atoms with E-state index in [0.29, 0.717) is 91.0 Å². The second kappa shape index (κ2) is 21.7. The lowest BCUT2D eigenvalue weighted by Gasteiger charge is -2.42. The number of H-pyrrole nitrogens is 2. The number of nitrogens with zero attached hydrogens (tertiary/aromatic N) is 10. The van der Waals surface area contributed by atoms with Crippen LogP contribution >= 0.6 is 0 Å². The zero-order valence-corrected chi connectivity index (χ0v) is 41.8. The number of likely N-dealkylation sites (N-methyl/N-ethyl adjacent to an activating group) is 1. The molecule has 1 saturated carbocycles. The summed E-state index contributed by atoms with van der Waals surface area (Å²) in [6.07, 6.45) is 6.67. The minimum Gasteiger partial charge on any atom is -0.346 e. The van der Waals surface area contributed by atoms with Gasteiger partial charge in [-0.05, 0) is 122 Å². The molecule has 0 radical (unpaired) electrons. The number of benzene rings is 4. The molecule has 6 heterocycles. The van der Waals surface area contributed by atoms with E-state index in [1.54, 1.807) is 0 Å². The van der Waals surface area contributed by atoms with Crippen molar-refractivity contribution < 1.29 is 9.59 Å². The third-order valence-electron chi connectivity index (χ3n) is 14.6. The van der Waals surface area contributed by atoms with Crippen LogP contribution in [0.1, 0.15) is 69.1 Å². The molecular weight excluding hydrogens is 941 g/mol. The molecule has 2 amide bonds. The highest BCUT2D eigenvalue weighted by atomic mass is 16.2. The number of nitrogens with one attached hydrogen (secondary N) is 6. The molecule has 75 heavy (non-hydrogen) atoms. The molecule has 2 aliphatic heterocycles. The summed E-state index contributed by atoms with van der Waals surface area (Å²) in [7, 11) is 2.08. The molecule has 18 heteroatoms. The topological polar surface area (TPSA) is 226 Å². The Bertz CT molecular complexity index is 3430. The normalized spacial score (nSPS) is 17.3. The predicted molar refractivity (Wildman–Crippen MR) is 291 cm³/mol. The van der Waals surface area contributed by atoms with E-state index in [2.05, 4.69) is 71.3 Å². The quantitative estimate of drug-likeness (QED) is 0.0597. The van der Waals surface area contributed by atoms with Gasteiger partial charge in [0.25, 0.3) is 11.8 Å². The lowest BCUT2D eigenvalue weighted by atomic mass is 9.83. The fraction of sp³-hybridized carbons (Fsp3) is 0.298. The predicted octanol–water partition coefficient (Wildman–Crippen LogP) is 9.21. The number of nitriles is 2. The molecule has 4 aromatic heterocycles. The zero-order valence-electron chi connectivity index (χ0n) is 41.8. The number of amides is 2. The van der Waals surface area contributed by atoms with Crippen molar-refractivity contribution >= 4 is 80.2 Å². The lowest BCUT2D eigenvalue weighted by Crippen LogP contribution is -2.52. The van der Waals surface area contributed by atoms with Crippen LogP contribution in [0.3, 0.4) is 0 Å². The smallest absolute Gasteiger partial charge is 0.253 e. The maximum absolute atomic E-state index is 13.9. The van der Waals surface area contributed by atoms with Crippen LogP contribution in [0.15, 0.2) is 115 Å². The molecule has 2 atom stereocenters. The molecule has 8 aromatic rings. The third-order valence-corrected chi connectivity index (χ3v) is 14.6. The molecule has 18 nitrogen and oxygen atoms in total. The Kier molecular flexibility index (Phi) is 14.0. The monoisotopic (exact) mass is 998 g/mol. The number of rotatable bonds is 14. The Morgan fingerprint density at radius 3 is 1.72 bits per heavy atom. The molecule has 2 saturated heterocycles. The van der Waals surface area contributed by atoms with Crippen LogP contribution in [0.2, 0.25) is 0 Å². The molecule has 6 N–H and O–H groups in total. The van der Waals surface area contributed by atoms with Crippen LogP contribution in [0.5, 0.6) is 0 Å². The molecule has 0 bridgehead atoms. The summed E-state index contributed by atoms with van der Waals surface area (Å²) in [4.78, 5) is 62.1. The fourth-order valence-corrected chi connectivity index (χ4v) is 10.6. The molecule has 3 fully saturated rings. The van der Waals surface area contributed by atoms with Gasteiger partial charge in [0.15, 0.2) is 0 Å². The second-order valence-corrected chi connectivity index (χ2v) is 19.7. The maximum atomic E-state index is 13.9. The Hall–Kier alpha value is -8.84. The van der Waals surface area contributed by atoms with Gasteiger partial charge in [0, 0.05) is 110 Å². The number of piperazine rings is 2. The average molecular weight is 999 g/mol. The lowest BCUT2D eigenvalue weighted by molar-refractivity contribution is 0.0508. The van der Waals surface area contributed by atoms with Gasteiger partial charge in [-0.1, -0.05) is 30.7 Å². The maximum Gasteiger partial charge on any atom is 0.253 e. The van der Waals surface area contributed by atoms with Crippen molar-refractivity contribution in [2.45, 2.75) is 50.5 Å². The van der Waals surface area contributed by atoms with Gasteiger partial charge in [0.1, 0.15) is 22.9 Å². The number of hydrogen-bond acceptors (Lipinski definition) is 14. The molecule has 2 unspecified atom stereocenters. The standard InChI is InChI=1S/C57H58N16O2/c1-70-25-27-72(28-26-70)54(74)39-11-17-43(18-12-39)64-57-68-52(62-45-9-3-6-38(34-45)20-23-59)48-36-49(65-53(48)69-57)41-7-4-10-46(35-41)71-29-31-73(32-30-71)55(75)40-13-15-42(16-14-40)63-56-66-50-47(21-24-60-50)51(67-56)61-44-8-2-5-37(33-44)19-22-58/h2-3,5-6,8-9,11-18,21,24,33-34,36,41,46H,4,7,10,19-20,25-32,35H2,1H3,(H3,60,61,63,66,67)(H3,62,64,65,68,69). The van der Waals surface area contributed by atoms with E-state index in [1.807, 2.05) is 119 Å². The van der Waals surface area contributed by atoms with E-state index in [4.69, 9.17) is 15.0 Å². The summed E-state index contributed by atoms with van der Waals surface area (Å²) >= 11 is 0. The van der Waals surface area contributed by atoms with Crippen molar-refractivity contribution in [3.05, 3.63) is 143 Å². The highest BCUT2D eigenvalue weighted by Crippen LogP contribution is 2.38. The summed E-state index contributed by atoms with van der Waals surface area (Å²) in [5.41, 5.74) is 8.76. The van der Waals surface area contributed by atoms with Crippen molar-refractivity contribution in [2.75, 3.05) is 80.7 Å². The minimum atomic E-state index is 0.0134. The first-order valence-corrected chi connectivity index (χ1v) is 25.7. The Morgan fingerprint density at radius 1 is 0.600 bits per heavy atom. The third kappa shape index (κ3) is 11.1. The number of anilines is 8. The van der Waals surface area contributed by atoms with Gasteiger partial charge in [-0.2, -0.15) is 30.5 Å². The first-order chi connectivity index (χ1) is 36.7. The van der Waals surface area contributed by atoms with Gasteiger partial charge < -0.3 is 45.9 Å². The second-order valence-electron chi connectivity index (χ2n) is 19.7. The zero-order chi connectivity index (χ0) is 51.3. The van der Waals surface area contributed by atoms with Gasteiger partial charge in [-0.25, -0.2) is 0 Å². The van der Waals surface area contributed by atoms with Crippen molar-refractivity contribution in [2.24, 2.45) is 0 Å². The average Bonchev–Trinajstić information content (AvgIpc) is 4.11. The number of carbonyl (C=O) groups is 2. The summed E-state index contributed by atoms with van der Waals surface area (Å²) in [6, 6.07) is 39.4. The largest absolute Gasteiger partial charge is 0.346 e. The number of aromatic nitrogens is 6. The first kappa shape index (κ1) is 48.4. The van der Waals surface area contributed by atoms with Gasteiger partial charge in [-0.3, -0.25) is 14.5 Å². The van der Waals surface area contributed by atoms with E-state index in [9.17, 15) is 20.1 Å². The summed E-state index contributed by atoms with van der Waals surface area (Å²) in [6.45, 7) is 6.06. The summed E-state index contributed by atoms with van der Waals surface area (Å²) in [5, 5.41) is 33.9. The van der Waals surface area contributed by atoms with E-state index in [-0.39, 0.29) is 17.7 Å². The van der Waals surface area contributed by atoms with Crippen LogP contribution in [-0.4, -0.2) is 127 Å². The van der Waals surface area contributed by atoms with Crippen LogP contribution in [0.4, 0.5) is 46.3 Å². The van der Waals surface area contributed by atoms with Crippen LogP contribution in [0, 0.1) is 22.7 Å². The highest BCUT2D eigenvalue weighted by molar-refractivity contribution is 5.96. The van der Waals surface area contributed by atoms with Crippen molar-refractivity contribution in [3.8, 4) is 12.1 Å². The van der Waals surface area contributed by atoms with Crippen molar-refractivity contribution in [3.63, 3.8) is 0 Å². The van der Waals surface area contributed by atoms with Crippen LogP contribution in [0.25, 0.3) is 22.1 Å². The van der Waals surface area contributed by atoms with Gasteiger partial charge in [0.05, 0.1) is 35.8 Å². The highest BCUT2D eigenvalue weighted by Gasteiger charge is 2.32. The van der Waals surface area contributed by atoms with E-state index in [0.717, 1.165) is 102 Å². The summed E-state index contributed by atoms with van der Waals surface area (Å²) < 4.78 is 0. The molecule has 0 spiro atoms. The molecule has 3 aliphatic rings. The fourth-order valence-electron chi connectivity index (χ4n) is 10.6. The SMILES string of the molecule is CN1CCN(C(=O)c2ccc(Nc3nc(Nc4cccc(CC#N)c4)c4cc(C5CCCC(N6CCN(C(=O)c7ccc(Nc8nc(Nc9cccc(CC#N)c9)c9cc[nH]c9n8)cc7)CC6)C5)[nH]c4n3)cc2)CC1. The molecule has 378 valence electrons. The van der Waals surface area contributed by atoms with Crippen molar-refractivity contribution in [1.82, 2.24) is 49.5 Å². The van der Waals surface area contributed by atoms with Gasteiger partial charge in [-0.15, -0.1) is 0 Å². The molecule has 11 rings (SSSR count). The van der Waals surface area contributed by atoms with Gasteiger partial charge in [0.2, 0.25) is 11.9 Å². The van der Waals surface area contributed by atoms with Crippen LogP contribution < -0.4 is 21.3 Å². The minimum absolute atomic E-state index is 0.0134. The number of fused-ring (bicyclic) bond motifs is 2. The number of carbonyl (C=O) groups excluding carboxylic acids is 2. The van der Waals surface area contributed by atoms with Crippen LogP contribution in [-0.2, 0) is 12.8 Å². The molecular formula is C57H58N16O2. The molecule has 4 aromatic carbocycles. The Balaban J connectivity index is 0.735. The summed E-state index contributed by atoms with van der Waals surface area (Å²) in [5.74, 6) is 2.40. The number of aromatic amines is 2. The van der Waals surface area contributed by atoms with E-state index in [1.165, 1.54) is 0 Å². The van der Waals surface area contributed by atoms with E-state index < -0.39 is 0 Å². The molecule has 1 aliphatic carbocycles. The number of hydrogen-bond donors (Lipinski definition) is 6.